The van der Waals surface area contributed by atoms with E-state index in [1.807, 2.05) is 13.8 Å². The summed E-state index contributed by atoms with van der Waals surface area (Å²) in [5.41, 5.74) is -0.263. The van der Waals surface area contributed by atoms with Crippen LogP contribution < -0.4 is 15.4 Å². The molecule has 3 atom stereocenters. The molecule has 4 rings (SSSR count). The van der Waals surface area contributed by atoms with Gasteiger partial charge in [0.15, 0.2) is 0 Å². The highest BCUT2D eigenvalue weighted by Gasteiger charge is 2.39. The first-order valence-electron chi connectivity index (χ1n) is 12.4. The molecule has 0 saturated carbocycles. The maximum absolute atomic E-state index is 13.4. The maximum atomic E-state index is 13.4. The topological polar surface area (TPSA) is 97.0 Å². The Bertz CT molecular complexity index is 1200. The van der Waals surface area contributed by atoms with Crippen molar-refractivity contribution in [2.45, 2.75) is 63.6 Å². The third-order valence-corrected chi connectivity index (χ3v) is 6.61. The van der Waals surface area contributed by atoms with Crippen LogP contribution in [0.5, 0.6) is 5.75 Å². The van der Waals surface area contributed by atoms with Crippen molar-refractivity contribution in [3.05, 3.63) is 59.2 Å². The summed E-state index contributed by atoms with van der Waals surface area (Å²) >= 11 is 0. The highest BCUT2D eigenvalue weighted by molar-refractivity contribution is 6.05. The van der Waals surface area contributed by atoms with E-state index in [9.17, 15) is 27.6 Å². The third kappa shape index (κ3) is 6.27. The molecule has 0 unspecified atom stereocenters. The van der Waals surface area contributed by atoms with E-state index in [2.05, 4.69) is 10.6 Å². The summed E-state index contributed by atoms with van der Waals surface area (Å²) in [6.07, 6.45) is -3.71. The minimum atomic E-state index is -4.50. The molecule has 0 spiro atoms. The predicted molar refractivity (Wildman–Crippen MR) is 133 cm³/mol. The number of hydrogen-bond acceptors (Lipinski definition) is 5. The minimum Gasteiger partial charge on any atom is -0.490 e. The number of nitrogens with one attached hydrogen (secondary N) is 2. The molecule has 3 amide bonds. The van der Waals surface area contributed by atoms with Gasteiger partial charge in [0.2, 0.25) is 5.91 Å². The molecule has 0 bridgehead atoms. The van der Waals surface area contributed by atoms with Gasteiger partial charge >= 0.3 is 6.18 Å². The van der Waals surface area contributed by atoms with E-state index in [-0.39, 0.29) is 54.2 Å². The van der Waals surface area contributed by atoms with Crippen molar-refractivity contribution >= 4 is 23.4 Å². The fraction of sp³-hybridized carbons (Fsp3) is 0.444. The summed E-state index contributed by atoms with van der Waals surface area (Å²) in [7, 11) is 1.68. The zero-order valence-corrected chi connectivity index (χ0v) is 21.3. The first-order chi connectivity index (χ1) is 17.9. The van der Waals surface area contributed by atoms with Crippen molar-refractivity contribution < 1.29 is 37.0 Å². The van der Waals surface area contributed by atoms with Crippen LogP contribution in [0.2, 0.25) is 0 Å². The van der Waals surface area contributed by atoms with Gasteiger partial charge in [-0.2, -0.15) is 13.2 Å². The molecule has 8 nitrogen and oxygen atoms in total. The van der Waals surface area contributed by atoms with Crippen LogP contribution in [-0.4, -0.2) is 60.6 Å². The van der Waals surface area contributed by atoms with Crippen LogP contribution in [0.1, 0.15) is 59.4 Å². The van der Waals surface area contributed by atoms with Gasteiger partial charge < -0.3 is 25.0 Å². The minimum absolute atomic E-state index is 0.0356. The number of ether oxygens (including phenoxy) is 2. The molecule has 1 saturated heterocycles. The summed E-state index contributed by atoms with van der Waals surface area (Å²) in [5, 5.41) is 5.48. The maximum Gasteiger partial charge on any atom is 0.416 e. The molecule has 0 aliphatic carbocycles. The largest absolute Gasteiger partial charge is 0.490 e. The molecule has 204 valence electrons. The van der Waals surface area contributed by atoms with Crippen molar-refractivity contribution in [1.29, 1.82) is 0 Å². The standard InChI is InChI=1S/C27H30F3N3O5/c1-15(2)31-24(34)13-19-9-10-21-23(38-19)14-37-22-11-8-18(12-20(22)26(36)33(21)3)32-25(35)16-4-6-17(7-5-16)27(28,29)30/h4-8,11-12,15,19,21,23H,9-10,13-14H2,1-3H3,(H,31,34)(H,32,35)/t19-,21-,23-/m0/s1. The number of anilines is 1. The Labute approximate surface area is 218 Å². The van der Waals surface area contributed by atoms with E-state index in [0.717, 1.165) is 24.3 Å². The number of halogens is 3. The molecule has 2 heterocycles. The van der Waals surface area contributed by atoms with Crippen LogP contribution in [0.3, 0.4) is 0 Å². The van der Waals surface area contributed by atoms with Crippen molar-refractivity contribution in [2.24, 2.45) is 0 Å². The predicted octanol–water partition coefficient (Wildman–Crippen LogP) is 4.25. The van der Waals surface area contributed by atoms with Crippen LogP contribution >= 0.6 is 0 Å². The molecule has 0 radical (unpaired) electrons. The van der Waals surface area contributed by atoms with Gasteiger partial charge in [0.05, 0.1) is 29.7 Å². The van der Waals surface area contributed by atoms with E-state index in [1.165, 1.54) is 6.07 Å². The zero-order chi connectivity index (χ0) is 27.6. The average molecular weight is 534 g/mol. The molecule has 2 aromatic carbocycles. The number of carbonyl (C=O) groups is 3. The second-order valence-corrected chi connectivity index (χ2v) is 9.83. The van der Waals surface area contributed by atoms with Crippen LogP contribution in [0.25, 0.3) is 0 Å². The summed E-state index contributed by atoms with van der Waals surface area (Å²) in [6.45, 7) is 3.96. The molecule has 1 fully saturated rings. The smallest absolute Gasteiger partial charge is 0.416 e. The first kappa shape index (κ1) is 27.4. The van der Waals surface area contributed by atoms with E-state index in [1.54, 1.807) is 24.1 Å². The Hall–Kier alpha value is -3.60. The van der Waals surface area contributed by atoms with Crippen LogP contribution in [-0.2, 0) is 15.7 Å². The summed E-state index contributed by atoms with van der Waals surface area (Å²) < 4.78 is 50.5. The second-order valence-electron chi connectivity index (χ2n) is 9.83. The number of benzene rings is 2. The number of nitrogens with zero attached hydrogens (tertiary/aromatic N) is 1. The second kappa shape index (κ2) is 11.0. The molecule has 2 aromatic rings. The summed E-state index contributed by atoms with van der Waals surface area (Å²) in [6, 6.07) is 8.23. The number of amides is 3. The average Bonchev–Trinajstić information content (AvgIpc) is 2.85. The van der Waals surface area contributed by atoms with E-state index >= 15 is 0 Å². The lowest BCUT2D eigenvalue weighted by atomic mass is 9.94. The van der Waals surface area contributed by atoms with Gasteiger partial charge in [-0.05, 0) is 69.2 Å². The SMILES string of the molecule is CC(C)NC(=O)C[C@@H]1CC[C@H]2[C@H](COc3ccc(NC(=O)c4ccc(C(F)(F)F)cc4)cc3C(=O)N2C)O1. The fourth-order valence-corrected chi connectivity index (χ4v) is 4.71. The number of carbonyl (C=O) groups excluding carboxylic acids is 3. The van der Waals surface area contributed by atoms with Gasteiger partial charge in [0.25, 0.3) is 11.8 Å². The van der Waals surface area contributed by atoms with Crippen LogP contribution in [0.4, 0.5) is 18.9 Å². The Morgan fingerprint density at radius 1 is 1.11 bits per heavy atom. The third-order valence-electron chi connectivity index (χ3n) is 6.61. The highest BCUT2D eigenvalue weighted by atomic mass is 19.4. The van der Waals surface area contributed by atoms with Gasteiger partial charge in [0, 0.05) is 24.3 Å². The number of hydrogen-bond donors (Lipinski definition) is 2. The normalized spacial score (nSPS) is 21.5. The first-order valence-corrected chi connectivity index (χ1v) is 12.4. The van der Waals surface area contributed by atoms with Crippen LogP contribution in [0.15, 0.2) is 42.5 Å². The van der Waals surface area contributed by atoms with Crippen molar-refractivity contribution in [2.75, 3.05) is 19.0 Å². The van der Waals surface area contributed by atoms with E-state index < -0.39 is 23.8 Å². The molecule has 38 heavy (non-hydrogen) atoms. The molecule has 2 aliphatic heterocycles. The van der Waals surface area contributed by atoms with Gasteiger partial charge in [-0.3, -0.25) is 14.4 Å². The number of likely N-dealkylation sites (N-methyl/N-ethyl adjacent to an activating group) is 1. The van der Waals surface area contributed by atoms with E-state index in [0.29, 0.717) is 24.3 Å². The highest BCUT2D eigenvalue weighted by Crippen LogP contribution is 2.33. The fourth-order valence-electron chi connectivity index (χ4n) is 4.71. The summed E-state index contributed by atoms with van der Waals surface area (Å²) in [4.78, 5) is 39.7. The molecular weight excluding hydrogens is 503 g/mol. The van der Waals surface area contributed by atoms with Gasteiger partial charge in [0.1, 0.15) is 18.5 Å². The molecule has 2 N–H and O–H groups in total. The van der Waals surface area contributed by atoms with E-state index in [4.69, 9.17) is 9.47 Å². The van der Waals surface area contributed by atoms with Gasteiger partial charge in [-0.25, -0.2) is 0 Å². The lowest BCUT2D eigenvalue weighted by Crippen LogP contribution is -2.54. The van der Waals surface area contributed by atoms with Crippen LogP contribution in [0, 0.1) is 0 Å². The number of alkyl halides is 3. The lowest BCUT2D eigenvalue weighted by Gasteiger charge is -2.42. The van der Waals surface area contributed by atoms with Gasteiger partial charge in [-0.15, -0.1) is 0 Å². The molecular formula is C27H30F3N3O5. The van der Waals surface area contributed by atoms with Crippen molar-refractivity contribution in [3.8, 4) is 5.75 Å². The Morgan fingerprint density at radius 3 is 2.47 bits per heavy atom. The zero-order valence-electron chi connectivity index (χ0n) is 21.3. The van der Waals surface area contributed by atoms with Crippen molar-refractivity contribution in [3.63, 3.8) is 0 Å². The Balaban J connectivity index is 1.46. The van der Waals surface area contributed by atoms with Gasteiger partial charge in [-0.1, -0.05) is 0 Å². The Morgan fingerprint density at radius 2 is 1.82 bits per heavy atom. The quantitative estimate of drug-likeness (QED) is 0.599. The molecule has 0 aromatic heterocycles. The lowest BCUT2D eigenvalue weighted by molar-refractivity contribution is -0.137. The molecule has 11 heteroatoms. The monoisotopic (exact) mass is 533 g/mol. The summed E-state index contributed by atoms with van der Waals surface area (Å²) in [5.74, 6) is -0.702. The number of fused-ring (bicyclic) bond motifs is 2. The molecule has 2 aliphatic rings. The number of rotatable bonds is 5. The Kier molecular flexibility index (Phi) is 7.96. The van der Waals surface area contributed by atoms with Crippen molar-refractivity contribution in [1.82, 2.24) is 10.2 Å².